The van der Waals surface area contributed by atoms with Gasteiger partial charge < -0.3 is 14.8 Å². The highest BCUT2D eigenvalue weighted by Gasteiger charge is 2.15. The highest BCUT2D eigenvalue weighted by Crippen LogP contribution is 2.19. The van der Waals surface area contributed by atoms with Gasteiger partial charge in [-0.2, -0.15) is 0 Å². The number of carbonyl (C=O) groups is 2. The Balaban J connectivity index is 2.19. The molecule has 0 radical (unpaired) electrons. The molecule has 2 rings (SSSR count). The number of amides is 1. The monoisotopic (exact) mass is 313 g/mol. The van der Waals surface area contributed by atoms with Gasteiger partial charge in [-0.1, -0.05) is 25.1 Å². The molecule has 2 aromatic carbocycles. The maximum atomic E-state index is 12.4. The van der Waals surface area contributed by atoms with Gasteiger partial charge in [-0.3, -0.25) is 4.79 Å². The van der Waals surface area contributed by atoms with Crippen LogP contribution in [-0.2, 0) is 4.74 Å². The number of nitrogens with one attached hydrogen (secondary N) is 1. The smallest absolute Gasteiger partial charge is 0.340 e. The van der Waals surface area contributed by atoms with E-state index in [9.17, 15) is 9.59 Å². The Labute approximate surface area is 135 Å². The van der Waals surface area contributed by atoms with Crippen molar-refractivity contribution in [2.45, 2.75) is 13.3 Å². The minimum atomic E-state index is -0.451. The molecule has 5 heteroatoms. The first-order valence-corrected chi connectivity index (χ1v) is 7.37. The van der Waals surface area contributed by atoms with Crippen LogP contribution in [0.1, 0.15) is 34.1 Å². The summed E-state index contributed by atoms with van der Waals surface area (Å²) in [5, 5.41) is 2.74. The number of methoxy groups -OCH3 is 1. The van der Waals surface area contributed by atoms with Crippen LogP contribution in [-0.4, -0.2) is 25.6 Å². The van der Waals surface area contributed by atoms with E-state index in [-0.39, 0.29) is 5.91 Å². The van der Waals surface area contributed by atoms with Crippen molar-refractivity contribution < 1.29 is 19.1 Å². The molecule has 0 aliphatic rings. The van der Waals surface area contributed by atoms with Crippen molar-refractivity contribution >= 4 is 17.6 Å². The number of para-hydroxylation sites is 1. The molecule has 1 N–H and O–H groups in total. The van der Waals surface area contributed by atoms with E-state index in [2.05, 4.69) is 5.32 Å². The Morgan fingerprint density at radius 3 is 2.61 bits per heavy atom. The molecule has 0 aromatic heterocycles. The van der Waals surface area contributed by atoms with Gasteiger partial charge in [0, 0.05) is 5.56 Å². The topological polar surface area (TPSA) is 64.6 Å². The first kappa shape index (κ1) is 16.5. The molecule has 1 amide bonds. The number of benzene rings is 2. The van der Waals surface area contributed by atoms with E-state index in [4.69, 9.17) is 9.47 Å². The average molecular weight is 313 g/mol. The lowest BCUT2D eigenvalue weighted by Gasteiger charge is -2.11. The third-order valence-corrected chi connectivity index (χ3v) is 3.16. The summed E-state index contributed by atoms with van der Waals surface area (Å²) in [5.41, 5.74) is 1.19. The van der Waals surface area contributed by atoms with Gasteiger partial charge in [0.15, 0.2) is 0 Å². The van der Waals surface area contributed by atoms with Gasteiger partial charge in [-0.15, -0.1) is 0 Å². The quantitative estimate of drug-likeness (QED) is 0.829. The molecular formula is C18H19NO4. The third-order valence-electron chi connectivity index (χ3n) is 3.16. The van der Waals surface area contributed by atoms with Crippen LogP contribution in [0.2, 0.25) is 0 Å². The highest BCUT2D eigenvalue weighted by atomic mass is 16.5. The number of anilines is 1. The van der Waals surface area contributed by atoms with Crippen molar-refractivity contribution in [3.05, 3.63) is 59.7 Å². The van der Waals surface area contributed by atoms with Crippen LogP contribution >= 0.6 is 0 Å². The largest absolute Gasteiger partial charge is 0.497 e. The van der Waals surface area contributed by atoms with Crippen LogP contribution in [0.3, 0.4) is 0 Å². The lowest BCUT2D eigenvalue weighted by atomic mass is 10.1. The van der Waals surface area contributed by atoms with Gasteiger partial charge in [0.2, 0.25) is 0 Å². The van der Waals surface area contributed by atoms with E-state index in [0.717, 1.165) is 6.42 Å². The van der Waals surface area contributed by atoms with Crippen LogP contribution < -0.4 is 10.1 Å². The van der Waals surface area contributed by atoms with Crippen molar-refractivity contribution in [3.63, 3.8) is 0 Å². The first-order valence-electron chi connectivity index (χ1n) is 7.37. The molecule has 0 aliphatic carbocycles. The van der Waals surface area contributed by atoms with Gasteiger partial charge in [0.1, 0.15) is 5.75 Å². The van der Waals surface area contributed by atoms with Crippen molar-refractivity contribution in [1.29, 1.82) is 0 Å². The Kier molecular flexibility index (Phi) is 5.74. The fourth-order valence-electron chi connectivity index (χ4n) is 2.00. The Bertz CT molecular complexity index is 697. The minimum absolute atomic E-state index is 0.320. The SMILES string of the molecule is CCCOC(=O)c1ccccc1NC(=O)c1cccc(OC)c1. The molecule has 120 valence electrons. The predicted molar refractivity (Wildman–Crippen MR) is 88.0 cm³/mol. The van der Waals surface area contributed by atoms with Crippen molar-refractivity contribution in [3.8, 4) is 5.75 Å². The summed E-state index contributed by atoms with van der Waals surface area (Å²) in [4.78, 5) is 24.4. The van der Waals surface area contributed by atoms with Crippen molar-refractivity contribution in [1.82, 2.24) is 0 Å². The second-order valence-electron chi connectivity index (χ2n) is 4.87. The molecule has 0 heterocycles. The number of carbonyl (C=O) groups excluding carboxylic acids is 2. The molecule has 0 saturated heterocycles. The van der Waals surface area contributed by atoms with Crippen LogP contribution in [0.5, 0.6) is 5.75 Å². The summed E-state index contributed by atoms with van der Waals surface area (Å²) in [5.74, 6) is -0.179. The summed E-state index contributed by atoms with van der Waals surface area (Å²) in [7, 11) is 1.54. The predicted octanol–water partition coefficient (Wildman–Crippen LogP) is 3.51. The molecule has 0 fully saturated rings. The molecule has 0 bridgehead atoms. The first-order chi connectivity index (χ1) is 11.2. The standard InChI is InChI=1S/C18H19NO4/c1-3-11-23-18(21)15-9-4-5-10-16(15)19-17(20)13-7-6-8-14(12-13)22-2/h4-10,12H,3,11H2,1-2H3,(H,19,20). The molecule has 0 saturated carbocycles. The van der Waals surface area contributed by atoms with Gasteiger partial charge in [-0.05, 0) is 36.8 Å². The fraction of sp³-hybridized carbons (Fsp3) is 0.222. The third kappa shape index (κ3) is 4.32. The van der Waals surface area contributed by atoms with Crippen molar-refractivity contribution in [2.24, 2.45) is 0 Å². The molecule has 2 aromatic rings. The van der Waals surface area contributed by atoms with E-state index in [0.29, 0.717) is 29.2 Å². The van der Waals surface area contributed by atoms with Crippen LogP contribution in [0.15, 0.2) is 48.5 Å². The highest BCUT2D eigenvalue weighted by molar-refractivity contribution is 6.08. The molecule has 0 spiro atoms. The number of hydrogen-bond acceptors (Lipinski definition) is 4. The lowest BCUT2D eigenvalue weighted by molar-refractivity contribution is 0.0506. The fourth-order valence-corrected chi connectivity index (χ4v) is 2.00. The van der Waals surface area contributed by atoms with E-state index < -0.39 is 5.97 Å². The lowest BCUT2D eigenvalue weighted by Crippen LogP contribution is -2.16. The second-order valence-corrected chi connectivity index (χ2v) is 4.87. The molecule has 5 nitrogen and oxygen atoms in total. The molecule has 0 aliphatic heterocycles. The van der Waals surface area contributed by atoms with E-state index >= 15 is 0 Å². The summed E-state index contributed by atoms with van der Waals surface area (Å²) in [6, 6.07) is 13.6. The molecule has 23 heavy (non-hydrogen) atoms. The maximum absolute atomic E-state index is 12.4. The van der Waals surface area contributed by atoms with Gasteiger partial charge in [0.05, 0.1) is 25.0 Å². The number of hydrogen-bond donors (Lipinski definition) is 1. The summed E-state index contributed by atoms with van der Waals surface area (Å²) < 4.78 is 10.2. The number of ether oxygens (including phenoxy) is 2. The zero-order valence-corrected chi connectivity index (χ0v) is 13.2. The summed E-state index contributed by atoms with van der Waals surface area (Å²) >= 11 is 0. The molecule has 0 unspecified atom stereocenters. The van der Waals surface area contributed by atoms with E-state index in [1.165, 1.54) is 7.11 Å². The van der Waals surface area contributed by atoms with E-state index in [1.54, 1.807) is 48.5 Å². The van der Waals surface area contributed by atoms with Gasteiger partial charge in [-0.25, -0.2) is 4.79 Å². The Morgan fingerprint density at radius 1 is 1.09 bits per heavy atom. The Morgan fingerprint density at radius 2 is 1.87 bits per heavy atom. The summed E-state index contributed by atoms with van der Waals surface area (Å²) in [6.45, 7) is 2.26. The van der Waals surface area contributed by atoms with Crippen LogP contribution in [0.25, 0.3) is 0 Å². The Hall–Kier alpha value is -2.82. The number of esters is 1. The molecular weight excluding hydrogens is 294 g/mol. The second kappa shape index (κ2) is 7.98. The van der Waals surface area contributed by atoms with Crippen molar-refractivity contribution in [2.75, 3.05) is 19.0 Å². The zero-order valence-electron chi connectivity index (χ0n) is 13.2. The zero-order chi connectivity index (χ0) is 16.7. The number of rotatable bonds is 6. The normalized spacial score (nSPS) is 10.0. The van der Waals surface area contributed by atoms with Crippen LogP contribution in [0, 0.1) is 0 Å². The maximum Gasteiger partial charge on any atom is 0.340 e. The molecule has 0 atom stereocenters. The average Bonchev–Trinajstić information content (AvgIpc) is 2.60. The van der Waals surface area contributed by atoms with Crippen LogP contribution in [0.4, 0.5) is 5.69 Å². The summed E-state index contributed by atoms with van der Waals surface area (Å²) in [6.07, 6.45) is 0.740. The van der Waals surface area contributed by atoms with Gasteiger partial charge >= 0.3 is 5.97 Å². The van der Waals surface area contributed by atoms with E-state index in [1.807, 2.05) is 6.92 Å². The minimum Gasteiger partial charge on any atom is -0.497 e. The van der Waals surface area contributed by atoms with Gasteiger partial charge in [0.25, 0.3) is 5.91 Å².